The van der Waals surface area contributed by atoms with Gasteiger partial charge >= 0.3 is 0 Å². The van der Waals surface area contributed by atoms with Crippen molar-refractivity contribution in [3.63, 3.8) is 0 Å². The Balaban J connectivity index is 2.05. The lowest BCUT2D eigenvalue weighted by Gasteiger charge is -2.05. The zero-order valence-electron chi connectivity index (χ0n) is 11.1. The summed E-state index contributed by atoms with van der Waals surface area (Å²) >= 11 is 6.06. The van der Waals surface area contributed by atoms with Gasteiger partial charge in [0.05, 0.1) is 10.7 Å². The van der Waals surface area contributed by atoms with E-state index in [1.54, 1.807) is 30.3 Å². The molecule has 3 nitrogen and oxygen atoms in total. The Kier molecular flexibility index (Phi) is 4.43. The van der Waals surface area contributed by atoms with E-state index in [1.165, 1.54) is 6.08 Å². The number of carbonyl (C=O) groups is 1. The number of nitrogens with two attached hydrogens (primary N) is 1. The van der Waals surface area contributed by atoms with Gasteiger partial charge in [0.25, 0.3) is 0 Å². The Hall–Kier alpha value is -2.26. The Morgan fingerprint density at radius 1 is 1.25 bits per heavy atom. The van der Waals surface area contributed by atoms with Crippen LogP contribution in [-0.4, -0.2) is 5.91 Å². The molecule has 0 fully saturated rings. The van der Waals surface area contributed by atoms with Crippen LogP contribution in [0, 0.1) is 6.92 Å². The highest BCUT2D eigenvalue weighted by Crippen LogP contribution is 2.22. The van der Waals surface area contributed by atoms with Gasteiger partial charge in [-0.15, -0.1) is 0 Å². The molecule has 20 heavy (non-hydrogen) atoms. The van der Waals surface area contributed by atoms with E-state index in [0.29, 0.717) is 16.4 Å². The third-order valence-corrected chi connectivity index (χ3v) is 3.03. The molecule has 0 radical (unpaired) electrons. The second-order valence-corrected chi connectivity index (χ2v) is 4.88. The Bertz CT molecular complexity index is 665. The molecule has 0 aliphatic carbocycles. The van der Waals surface area contributed by atoms with Gasteiger partial charge in [0.15, 0.2) is 0 Å². The molecule has 0 unspecified atom stereocenters. The molecule has 0 atom stereocenters. The second kappa shape index (κ2) is 6.26. The fourth-order valence-electron chi connectivity index (χ4n) is 1.73. The molecule has 0 aromatic heterocycles. The second-order valence-electron chi connectivity index (χ2n) is 4.48. The van der Waals surface area contributed by atoms with Crippen LogP contribution in [0.5, 0.6) is 0 Å². The molecule has 0 saturated heterocycles. The number of anilines is 2. The summed E-state index contributed by atoms with van der Waals surface area (Å²) in [6.45, 7) is 1.94. The number of nitrogens with one attached hydrogen (secondary N) is 1. The molecule has 0 aliphatic heterocycles. The summed E-state index contributed by atoms with van der Waals surface area (Å²) in [6, 6.07) is 12.8. The topological polar surface area (TPSA) is 55.1 Å². The monoisotopic (exact) mass is 286 g/mol. The lowest BCUT2D eigenvalue weighted by Crippen LogP contribution is -2.08. The maximum Gasteiger partial charge on any atom is 0.248 e. The number of nitrogen functional groups attached to an aromatic ring is 1. The minimum absolute atomic E-state index is 0.238. The predicted molar refractivity (Wildman–Crippen MR) is 84.7 cm³/mol. The van der Waals surface area contributed by atoms with E-state index in [9.17, 15) is 4.79 Å². The van der Waals surface area contributed by atoms with Gasteiger partial charge in [-0.1, -0.05) is 29.8 Å². The van der Waals surface area contributed by atoms with Crippen molar-refractivity contribution in [1.29, 1.82) is 0 Å². The van der Waals surface area contributed by atoms with E-state index in [1.807, 2.05) is 25.1 Å². The molecule has 1 amide bonds. The SMILES string of the molecule is Cc1ccc(NC(=O)/C=C/c2cccc(N)c2)c(Cl)c1. The molecule has 102 valence electrons. The zero-order valence-corrected chi connectivity index (χ0v) is 11.8. The fraction of sp³-hybridized carbons (Fsp3) is 0.0625. The molecule has 2 rings (SSSR count). The minimum atomic E-state index is -0.238. The van der Waals surface area contributed by atoms with Gasteiger partial charge < -0.3 is 11.1 Å². The number of halogens is 1. The van der Waals surface area contributed by atoms with Gasteiger partial charge in [0, 0.05) is 11.8 Å². The van der Waals surface area contributed by atoms with Crippen molar-refractivity contribution in [2.75, 3.05) is 11.1 Å². The van der Waals surface area contributed by atoms with E-state index in [2.05, 4.69) is 5.32 Å². The quantitative estimate of drug-likeness (QED) is 0.664. The van der Waals surface area contributed by atoms with Gasteiger partial charge in [0.1, 0.15) is 0 Å². The summed E-state index contributed by atoms with van der Waals surface area (Å²) in [4.78, 5) is 11.8. The van der Waals surface area contributed by atoms with E-state index in [4.69, 9.17) is 17.3 Å². The molecule has 3 N–H and O–H groups in total. The standard InChI is InChI=1S/C16H15ClN2O/c1-11-5-7-15(14(17)9-11)19-16(20)8-6-12-3-2-4-13(18)10-12/h2-10H,18H2,1H3,(H,19,20)/b8-6+. The Morgan fingerprint density at radius 2 is 2.05 bits per heavy atom. The number of aryl methyl sites for hydroxylation is 1. The van der Waals surface area contributed by atoms with Gasteiger partial charge in [-0.2, -0.15) is 0 Å². The summed E-state index contributed by atoms with van der Waals surface area (Å²) in [5.74, 6) is -0.238. The van der Waals surface area contributed by atoms with Crippen LogP contribution in [0.25, 0.3) is 6.08 Å². The first-order valence-corrected chi connectivity index (χ1v) is 6.53. The number of hydrogen-bond donors (Lipinski definition) is 2. The van der Waals surface area contributed by atoms with Gasteiger partial charge in [-0.3, -0.25) is 4.79 Å². The maximum atomic E-state index is 11.8. The van der Waals surface area contributed by atoms with Crippen LogP contribution in [0.2, 0.25) is 5.02 Å². The van der Waals surface area contributed by atoms with Crippen molar-refractivity contribution in [3.05, 3.63) is 64.7 Å². The lowest BCUT2D eigenvalue weighted by molar-refractivity contribution is -0.111. The molecule has 0 saturated carbocycles. The smallest absolute Gasteiger partial charge is 0.248 e. The molecular weight excluding hydrogens is 272 g/mol. The van der Waals surface area contributed by atoms with Crippen molar-refractivity contribution in [2.24, 2.45) is 0 Å². The summed E-state index contributed by atoms with van der Waals surface area (Å²) in [5, 5.41) is 3.26. The molecule has 0 heterocycles. The van der Waals surface area contributed by atoms with Crippen LogP contribution < -0.4 is 11.1 Å². The number of benzene rings is 2. The first-order valence-electron chi connectivity index (χ1n) is 6.15. The molecule has 0 spiro atoms. The third kappa shape index (κ3) is 3.87. The number of carbonyl (C=O) groups excluding carboxylic acids is 1. The maximum absolute atomic E-state index is 11.8. The summed E-state index contributed by atoms with van der Waals surface area (Å²) in [6.07, 6.45) is 3.15. The van der Waals surface area contributed by atoms with Crippen molar-refractivity contribution in [2.45, 2.75) is 6.92 Å². The van der Waals surface area contributed by atoms with Crippen molar-refractivity contribution in [1.82, 2.24) is 0 Å². The molecule has 2 aromatic carbocycles. The lowest BCUT2D eigenvalue weighted by atomic mass is 10.2. The largest absolute Gasteiger partial charge is 0.399 e. The van der Waals surface area contributed by atoms with Crippen LogP contribution in [0.4, 0.5) is 11.4 Å². The summed E-state index contributed by atoms with van der Waals surface area (Å²) < 4.78 is 0. The summed E-state index contributed by atoms with van der Waals surface area (Å²) in [5.41, 5.74) is 8.84. The number of amides is 1. The Morgan fingerprint density at radius 3 is 2.75 bits per heavy atom. The first kappa shape index (κ1) is 14.2. The van der Waals surface area contributed by atoms with Gasteiger partial charge in [-0.05, 0) is 48.4 Å². The van der Waals surface area contributed by atoms with E-state index in [0.717, 1.165) is 11.1 Å². The molecule has 4 heteroatoms. The summed E-state index contributed by atoms with van der Waals surface area (Å²) in [7, 11) is 0. The van der Waals surface area contributed by atoms with Crippen LogP contribution >= 0.6 is 11.6 Å². The van der Waals surface area contributed by atoms with E-state index >= 15 is 0 Å². The average molecular weight is 287 g/mol. The zero-order chi connectivity index (χ0) is 14.5. The van der Waals surface area contributed by atoms with Crippen LogP contribution in [0.1, 0.15) is 11.1 Å². The highest BCUT2D eigenvalue weighted by atomic mass is 35.5. The van der Waals surface area contributed by atoms with Crippen molar-refractivity contribution < 1.29 is 4.79 Å². The van der Waals surface area contributed by atoms with Crippen LogP contribution in [-0.2, 0) is 4.79 Å². The average Bonchev–Trinajstić information content (AvgIpc) is 2.40. The number of rotatable bonds is 3. The highest BCUT2D eigenvalue weighted by molar-refractivity contribution is 6.33. The van der Waals surface area contributed by atoms with Crippen molar-refractivity contribution in [3.8, 4) is 0 Å². The molecule has 2 aromatic rings. The van der Waals surface area contributed by atoms with Crippen LogP contribution in [0.3, 0.4) is 0 Å². The molecule has 0 bridgehead atoms. The molecule has 0 aliphatic rings. The Labute approximate surface area is 123 Å². The van der Waals surface area contributed by atoms with E-state index in [-0.39, 0.29) is 5.91 Å². The van der Waals surface area contributed by atoms with E-state index < -0.39 is 0 Å². The fourth-order valence-corrected chi connectivity index (χ4v) is 2.01. The highest BCUT2D eigenvalue weighted by Gasteiger charge is 2.03. The third-order valence-electron chi connectivity index (χ3n) is 2.72. The van der Waals surface area contributed by atoms with Crippen LogP contribution in [0.15, 0.2) is 48.5 Å². The predicted octanol–water partition coefficient (Wildman–Crippen LogP) is 3.88. The normalized spacial score (nSPS) is 10.7. The molecular formula is C16H15ClN2O. The number of hydrogen-bond acceptors (Lipinski definition) is 2. The minimum Gasteiger partial charge on any atom is -0.399 e. The van der Waals surface area contributed by atoms with Gasteiger partial charge in [-0.25, -0.2) is 0 Å². The first-order chi connectivity index (χ1) is 9.54. The van der Waals surface area contributed by atoms with Crippen molar-refractivity contribution >= 4 is 35.0 Å². The van der Waals surface area contributed by atoms with Gasteiger partial charge in [0.2, 0.25) is 5.91 Å².